The van der Waals surface area contributed by atoms with Gasteiger partial charge in [-0.15, -0.1) is 5.10 Å². The third kappa shape index (κ3) is 2.94. The predicted molar refractivity (Wildman–Crippen MR) is 75.8 cm³/mol. The van der Waals surface area contributed by atoms with Crippen LogP contribution in [0.2, 0.25) is 0 Å². The highest BCUT2D eigenvalue weighted by Crippen LogP contribution is 2.14. The normalized spacial score (nSPS) is 10.5. The molecule has 0 aliphatic heterocycles. The molecule has 0 spiro atoms. The summed E-state index contributed by atoms with van der Waals surface area (Å²) in [6, 6.07) is 10.5. The lowest BCUT2D eigenvalue weighted by molar-refractivity contribution is 0.0697. The number of carbonyl (C=O) groups is 1. The van der Waals surface area contributed by atoms with E-state index in [2.05, 4.69) is 15.3 Å². The van der Waals surface area contributed by atoms with Crippen LogP contribution in [0, 0.1) is 0 Å². The van der Waals surface area contributed by atoms with Gasteiger partial charge < -0.3 is 5.11 Å². The van der Waals surface area contributed by atoms with Crippen molar-refractivity contribution in [3.8, 4) is 11.3 Å². The first-order chi connectivity index (χ1) is 10.2. The van der Waals surface area contributed by atoms with Crippen molar-refractivity contribution in [3.05, 3.63) is 66.1 Å². The molecule has 0 saturated carbocycles. The third-order valence-electron chi connectivity index (χ3n) is 3.06. The molecule has 6 nitrogen and oxygen atoms in total. The molecule has 0 aliphatic carbocycles. The Hall–Kier alpha value is -3.02. The molecule has 3 aromatic rings. The van der Waals surface area contributed by atoms with E-state index in [1.807, 2.05) is 18.3 Å². The van der Waals surface area contributed by atoms with Gasteiger partial charge in [-0.2, -0.15) is 0 Å². The Morgan fingerprint density at radius 3 is 2.48 bits per heavy atom. The largest absolute Gasteiger partial charge is 0.478 e. The van der Waals surface area contributed by atoms with Gasteiger partial charge in [0.25, 0.3) is 0 Å². The van der Waals surface area contributed by atoms with Crippen molar-refractivity contribution < 1.29 is 9.90 Å². The van der Waals surface area contributed by atoms with E-state index < -0.39 is 5.97 Å². The van der Waals surface area contributed by atoms with Gasteiger partial charge in [0, 0.05) is 18.0 Å². The summed E-state index contributed by atoms with van der Waals surface area (Å²) in [6.45, 7) is 0.540. The maximum Gasteiger partial charge on any atom is 0.335 e. The fourth-order valence-electron chi connectivity index (χ4n) is 1.97. The molecule has 0 amide bonds. The zero-order valence-corrected chi connectivity index (χ0v) is 11.0. The second-order valence-electron chi connectivity index (χ2n) is 4.54. The molecule has 2 aromatic heterocycles. The summed E-state index contributed by atoms with van der Waals surface area (Å²) in [7, 11) is 0. The van der Waals surface area contributed by atoms with Gasteiger partial charge in [0.1, 0.15) is 5.69 Å². The van der Waals surface area contributed by atoms with E-state index >= 15 is 0 Å². The summed E-state index contributed by atoms with van der Waals surface area (Å²) in [5.41, 5.74) is 2.97. The predicted octanol–water partition coefficient (Wildman–Crippen LogP) is 2.09. The summed E-state index contributed by atoms with van der Waals surface area (Å²) < 4.78 is 1.71. The number of carboxylic acid groups (broad SMARTS) is 1. The number of aromatic carboxylic acids is 1. The van der Waals surface area contributed by atoms with Crippen LogP contribution in [0.25, 0.3) is 11.3 Å². The van der Waals surface area contributed by atoms with Crippen LogP contribution in [-0.2, 0) is 6.54 Å². The lowest BCUT2D eigenvalue weighted by Gasteiger charge is -2.01. The number of aromatic nitrogens is 4. The van der Waals surface area contributed by atoms with Gasteiger partial charge >= 0.3 is 5.97 Å². The molecule has 0 bridgehead atoms. The first-order valence-electron chi connectivity index (χ1n) is 6.35. The van der Waals surface area contributed by atoms with Gasteiger partial charge in [0.2, 0.25) is 0 Å². The Labute approximate surface area is 120 Å². The Kier molecular flexibility index (Phi) is 3.42. The molecule has 0 atom stereocenters. The maximum absolute atomic E-state index is 10.8. The lowest BCUT2D eigenvalue weighted by Crippen LogP contribution is -2.01. The monoisotopic (exact) mass is 280 g/mol. The minimum absolute atomic E-state index is 0.273. The standard InChI is InChI=1S/C15H12N4O2/c20-15(21)13-3-1-11(2-4-13)9-19-10-14(17-18-19)12-5-7-16-8-6-12/h1-8,10H,9H2,(H,20,21). The smallest absolute Gasteiger partial charge is 0.335 e. The minimum Gasteiger partial charge on any atom is -0.478 e. The van der Waals surface area contributed by atoms with Crippen molar-refractivity contribution >= 4 is 5.97 Å². The van der Waals surface area contributed by atoms with E-state index in [1.54, 1.807) is 41.3 Å². The summed E-state index contributed by atoms with van der Waals surface area (Å²) in [5.74, 6) is -0.928. The number of hydrogen-bond donors (Lipinski definition) is 1. The summed E-state index contributed by atoms with van der Waals surface area (Å²) in [4.78, 5) is 14.8. The van der Waals surface area contributed by atoms with Gasteiger partial charge in [-0.25, -0.2) is 9.48 Å². The molecule has 1 N–H and O–H groups in total. The van der Waals surface area contributed by atoms with Gasteiger partial charge in [-0.3, -0.25) is 4.98 Å². The van der Waals surface area contributed by atoms with Crippen LogP contribution in [0.4, 0.5) is 0 Å². The number of rotatable bonds is 4. The number of pyridine rings is 1. The first-order valence-corrected chi connectivity index (χ1v) is 6.35. The first kappa shape index (κ1) is 13.0. The summed E-state index contributed by atoms with van der Waals surface area (Å²) in [5, 5.41) is 17.1. The Balaban J connectivity index is 1.77. The zero-order valence-electron chi connectivity index (χ0n) is 11.0. The second-order valence-corrected chi connectivity index (χ2v) is 4.54. The van der Waals surface area contributed by atoms with Crippen LogP contribution in [0.15, 0.2) is 55.0 Å². The van der Waals surface area contributed by atoms with Crippen LogP contribution in [0.3, 0.4) is 0 Å². The third-order valence-corrected chi connectivity index (χ3v) is 3.06. The van der Waals surface area contributed by atoms with Crippen LogP contribution in [0.1, 0.15) is 15.9 Å². The van der Waals surface area contributed by atoms with E-state index in [-0.39, 0.29) is 5.56 Å². The number of nitrogens with zero attached hydrogens (tertiary/aromatic N) is 4. The summed E-state index contributed by atoms with van der Waals surface area (Å²) in [6.07, 6.45) is 5.26. The topological polar surface area (TPSA) is 80.9 Å². The van der Waals surface area contributed by atoms with Crippen molar-refractivity contribution in [2.24, 2.45) is 0 Å². The van der Waals surface area contributed by atoms with Gasteiger partial charge in [0.15, 0.2) is 0 Å². The fraction of sp³-hybridized carbons (Fsp3) is 0.0667. The molecular weight excluding hydrogens is 268 g/mol. The SMILES string of the molecule is O=C(O)c1ccc(Cn2cc(-c3ccncc3)nn2)cc1. The fourth-order valence-corrected chi connectivity index (χ4v) is 1.97. The average molecular weight is 280 g/mol. The highest BCUT2D eigenvalue weighted by atomic mass is 16.4. The molecule has 1 aromatic carbocycles. The molecular formula is C15H12N4O2. The summed E-state index contributed by atoms with van der Waals surface area (Å²) >= 11 is 0. The van der Waals surface area contributed by atoms with E-state index in [0.717, 1.165) is 16.8 Å². The molecule has 2 heterocycles. The quantitative estimate of drug-likeness (QED) is 0.791. The van der Waals surface area contributed by atoms with Crippen LogP contribution in [0.5, 0.6) is 0 Å². The van der Waals surface area contributed by atoms with E-state index in [1.165, 1.54) is 0 Å². The molecule has 3 rings (SSSR count). The lowest BCUT2D eigenvalue weighted by atomic mass is 10.1. The molecule has 21 heavy (non-hydrogen) atoms. The average Bonchev–Trinajstić information content (AvgIpc) is 2.97. The van der Waals surface area contributed by atoms with Crippen molar-refractivity contribution in [3.63, 3.8) is 0 Å². The maximum atomic E-state index is 10.8. The molecule has 0 unspecified atom stereocenters. The van der Waals surface area contributed by atoms with E-state index in [0.29, 0.717) is 6.54 Å². The minimum atomic E-state index is -0.928. The van der Waals surface area contributed by atoms with Gasteiger partial charge in [-0.05, 0) is 29.8 Å². The Morgan fingerprint density at radius 2 is 1.81 bits per heavy atom. The molecule has 6 heteroatoms. The Bertz CT molecular complexity index is 751. The molecule has 0 radical (unpaired) electrons. The number of benzene rings is 1. The molecule has 104 valence electrons. The second kappa shape index (κ2) is 5.54. The van der Waals surface area contributed by atoms with E-state index in [9.17, 15) is 4.79 Å². The van der Waals surface area contributed by atoms with Crippen molar-refractivity contribution in [1.82, 2.24) is 20.0 Å². The van der Waals surface area contributed by atoms with Crippen LogP contribution >= 0.6 is 0 Å². The molecule has 0 fully saturated rings. The van der Waals surface area contributed by atoms with Crippen LogP contribution in [-0.4, -0.2) is 31.1 Å². The van der Waals surface area contributed by atoms with E-state index in [4.69, 9.17) is 5.11 Å². The Morgan fingerprint density at radius 1 is 1.10 bits per heavy atom. The molecule has 0 saturated heterocycles. The van der Waals surface area contributed by atoms with Crippen molar-refractivity contribution in [2.45, 2.75) is 6.54 Å². The van der Waals surface area contributed by atoms with Gasteiger partial charge in [0.05, 0.1) is 18.3 Å². The molecule has 0 aliphatic rings. The van der Waals surface area contributed by atoms with Crippen LogP contribution < -0.4 is 0 Å². The van der Waals surface area contributed by atoms with Gasteiger partial charge in [-0.1, -0.05) is 17.3 Å². The number of carboxylic acids is 1. The zero-order chi connectivity index (χ0) is 14.7. The highest BCUT2D eigenvalue weighted by molar-refractivity contribution is 5.87. The number of hydrogen-bond acceptors (Lipinski definition) is 4. The van der Waals surface area contributed by atoms with Crippen molar-refractivity contribution in [2.75, 3.05) is 0 Å². The van der Waals surface area contributed by atoms with Crippen molar-refractivity contribution in [1.29, 1.82) is 0 Å². The highest BCUT2D eigenvalue weighted by Gasteiger charge is 2.05.